The number of hydrogen-bond acceptors (Lipinski definition) is 5. The third-order valence-corrected chi connectivity index (χ3v) is 4.34. The molecule has 21 heavy (non-hydrogen) atoms. The van der Waals surface area contributed by atoms with Crippen LogP contribution in [-0.4, -0.2) is 44.8 Å². The van der Waals surface area contributed by atoms with Crippen molar-refractivity contribution < 1.29 is 4.92 Å². The van der Waals surface area contributed by atoms with Crippen molar-refractivity contribution in [1.29, 1.82) is 0 Å². The molecule has 3 rings (SSSR count). The van der Waals surface area contributed by atoms with Crippen LogP contribution in [0.3, 0.4) is 0 Å². The molecule has 1 saturated carbocycles. The third-order valence-electron chi connectivity index (χ3n) is 4.34. The minimum absolute atomic E-state index is 0.133. The maximum Gasteiger partial charge on any atom is 0.333 e. The van der Waals surface area contributed by atoms with Gasteiger partial charge in [-0.1, -0.05) is 6.92 Å². The van der Waals surface area contributed by atoms with Gasteiger partial charge < -0.3 is 5.32 Å². The molecule has 1 aliphatic heterocycles. The first-order valence-electron chi connectivity index (χ1n) is 7.82. The summed E-state index contributed by atoms with van der Waals surface area (Å²) < 4.78 is 1.76. The van der Waals surface area contributed by atoms with E-state index in [4.69, 9.17) is 0 Å². The molecule has 2 aliphatic rings. The molecule has 2 fully saturated rings. The first-order chi connectivity index (χ1) is 10.1. The van der Waals surface area contributed by atoms with E-state index in [1.54, 1.807) is 11.6 Å². The Kier molecular flexibility index (Phi) is 3.84. The van der Waals surface area contributed by atoms with Gasteiger partial charge in [0.15, 0.2) is 0 Å². The third kappa shape index (κ3) is 2.88. The smallest absolute Gasteiger partial charge is 0.333 e. The molecule has 1 saturated heterocycles. The van der Waals surface area contributed by atoms with E-state index in [0.717, 1.165) is 32.0 Å². The molecule has 1 aromatic rings. The Labute approximate surface area is 124 Å². The molecule has 1 unspecified atom stereocenters. The van der Waals surface area contributed by atoms with Crippen LogP contribution in [0.5, 0.6) is 0 Å². The number of hydrogen-bond donors (Lipinski definition) is 1. The van der Waals surface area contributed by atoms with Crippen molar-refractivity contribution in [3.8, 4) is 0 Å². The zero-order chi connectivity index (χ0) is 15.0. The van der Waals surface area contributed by atoms with Gasteiger partial charge in [-0.2, -0.15) is 5.10 Å². The highest BCUT2D eigenvalue weighted by Crippen LogP contribution is 2.33. The van der Waals surface area contributed by atoms with Gasteiger partial charge in [0.05, 0.1) is 4.92 Å². The van der Waals surface area contributed by atoms with E-state index in [1.807, 2.05) is 0 Å². The fourth-order valence-electron chi connectivity index (χ4n) is 3.18. The molecule has 2 heterocycles. The molecule has 116 valence electrons. The SMILES string of the molecule is CCCn1nc(C)c([N+](=O)[O-])c1NC1CCN(C2CC2)C1. The number of nitrogens with one attached hydrogen (secondary N) is 1. The lowest BCUT2D eigenvalue weighted by molar-refractivity contribution is -0.384. The van der Waals surface area contributed by atoms with Crippen molar-refractivity contribution in [2.75, 3.05) is 18.4 Å². The van der Waals surface area contributed by atoms with E-state index in [1.165, 1.54) is 12.8 Å². The molecular weight excluding hydrogens is 270 g/mol. The maximum absolute atomic E-state index is 11.3. The highest BCUT2D eigenvalue weighted by atomic mass is 16.6. The average Bonchev–Trinajstić information content (AvgIpc) is 3.09. The molecular formula is C14H23N5O2. The number of nitrogens with zero attached hydrogens (tertiary/aromatic N) is 4. The van der Waals surface area contributed by atoms with Gasteiger partial charge in [0.2, 0.25) is 5.82 Å². The molecule has 1 atom stereocenters. The van der Waals surface area contributed by atoms with Crippen LogP contribution in [0.25, 0.3) is 0 Å². The van der Waals surface area contributed by atoms with Crippen molar-refractivity contribution >= 4 is 11.5 Å². The molecule has 1 aliphatic carbocycles. The number of aromatic nitrogens is 2. The molecule has 0 spiro atoms. The van der Waals surface area contributed by atoms with Crippen LogP contribution in [0.15, 0.2) is 0 Å². The zero-order valence-corrected chi connectivity index (χ0v) is 12.7. The summed E-state index contributed by atoms with van der Waals surface area (Å²) >= 11 is 0. The second-order valence-corrected chi connectivity index (χ2v) is 6.12. The van der Waals surface area contributed by atoms with Crippen molar-refractivity contribution in [1.82, 2.24) is 14.7 Å². The number of rotatable bonds is 6. The number of anilines is 1. The Bertz CT molecular complexity index is 538. The highest BCUT2D eigenvalue weighted by Gasteiger charge is 2.36. The minimum atomic E-state index is -0.315. The number of nitro groups is 1. The van der Waals surface area contributed by atoms with Gasteiger partial charge in [0.1, 0.15) is 5.69 Å². The van der Waals surface area contributed by atoms with Crippen molar-refractivity contribution in [3.63, 3.8) is 0 Å². The van der Waals surface area contributed by atoms with E-state index >= 15 is 0 Å². The van der Waals surface area contributed by atoms with Crippen molar-refractivity contribution in [3.05, 3.63) is 15.8 Å². The first kappa shape index (κ1) is 14.3. The molecule has 0 aromatic carbocycles. The molecule has 1 N–H and O–H groups in total. The number of aryl methyl sites for hydroxylation is 2. The Morgan fingerprint density at radius 2 is 2.19 bits per heavy atom. The van der Waals surface area contributed by atoms with Crippen LogP contribution < -0.4 is 5.32 Å². The topological polar surface area (TPSA) is 76.2 Å². The van der Waals surface area contributed by atoms with Gasteiger partial charge in [0.25, 0.3) is 0 Å². The van der Waals surface area contributed by atoms with E-state index in [2.05, 4.69) is 22.2 Å². The lowest BCUT2D eigenvalue weighted by atomic mass is 10.2. The summed E-state index contributed by atoms with van der Waals surface area (Å²) in [6, 6.07) is 1.05. The van der Waals surface area contributed by atoms with E-state index in [9.17, 15) is 10.1 Å². The summed E-state index contributed by atoms with van der Waals surface area (Å²) in [5.41, 5.74) is 0.626. The quantitative estimate of drug-likeness (QED) is 0.642. The standard InChI is InChI=1S/C14H23N5O2/c1-3-7-18-14(13(19(20)21)10(2)16-18)15-11-6-8-17(9-11)12-4-5-12/h11-12,15H,3-9H2,1-2H3. The van der Waals surface area contributed by atoms with Crippen LogP contribution in [0.2, 0.25) is 0 Å². The van der Waals surface area contributed by atoms with Crippen LogP contribution in [0.1, 0.15) is 38.3 Å². The monoisotopic (exact) mass is 293 g/mol. The Balaban J connectivity index is 1.78. The zero-order valence-electron chi connectivity index (χ0n) is 12.7. The summed E-state index contributed by atoms with van der Waals surface area (Å²) in [4.78, 5) is 13.5. The van der Waals surface area contributed by atoms with Gasteiger partial charge in [-0.05, 0) is 32.6 Å². The second kappa shape index (κ2) is 5.63. The van der Waals surface area contributed by atoms with Gasteiger partial charge >= 0.3 is 5.69 Å². The second-order valence-electron chi connectivity index (χ2n) is 6.12. The lowest BCUT2D eigenvalue weighted by Crippen LogP contribution is -2.28. The summed E-state index contributed by atoms with van der Waals surface area (Å²) in [5.74, 6) is 0.585. The minimum Gasteiger partial charge on any atom is -0.360 e. The van der Waals surface area contributed by atoms with Crippen LogP contribution in [0.4, 0.5) is 11.5 Å². The van der Waals surface area contributed by atoms with Gasteiger partial charge in [0, 0.05) is 31.7 Å². The summed E-state index contributed by atoms with van der Waals surface area (Å²) in [6.45, 7) is 6.54. The van der Waals surface area contributed by atoms with Gasteiger partial charge in [-0.25, -0.2) is 4.68 Å². The predicted molar refractivity (Wildman–Crippen MR) is 80.5 cm³/mol. The summed E-state index contributed by atoms with van der Waals surface area (Å²) in [6.07, 6.45) is 4.56. The van der Waals surface area contributed by atoms with E-state index in [0.29, 0.717) is 18.1 Å². The first-order valence-corrected chi connectivity index (χ1v) is 7.82. The highest BCUT2D eigenvalue weighted by molar-refractivity contribution is 5.60. The summed E-state index contributed by atoms with van der Waals surface area (Å²) in [5, 5.41) is 19.0. The van der Waals surface area contributed by atoms with E-state index < -0.39 is 0 Å². The number of likely N-dealkylation sites (tertiary alicyclic amines) is 1. The molecule has 1 aromatic heterocycles. The Morgan fingerprint density at radius 1 is 1.43 bits per heavy atom. The molecule has 7 heteroatoms. The molecule has 0 radical (unpaired) electrons. The average molecular weight is 293 g/mol. The fraction of sp³-hybridized carbons (Fsp3) is 0.786. The molecule has 0 amide bonds. The van der Waals surface area contributed by atoms with Crippen LogP contribution in [-0.2, 0) is 6.54 Å². The van der Waals surface area contributed by atoms with Crippen molar-refractivity contribution in [2.24, 2.45) is 0 Å². The molecule has 7 nitrogen and oxygen atoms in total. The van der Waals surface area contributed by atoms with E-state index in [-0.39, 0.29) is 16.7 Å². The Morgan fingerprint density at radius 3 is 2.81 bits per heavy atom. The van der Waals surface area contributed by atoms with Crippen LogP contribution in [0, 0.1) is 17.0 Å². The molecule has 0 bridgehead atoms. The van der Waals surface area contributed by atoms with Crippen LogP contribution >= 0.6 is 0 Å². The maximum atomic E-state index is 11.3. The van der Waals surface area contributed by atoms with Gasteiger partial charge in [-0.15, -0.1) is 0 Å². The summed E-state index contributed by atoms with van der Waals surface area (Å²) in [7, 11) is 0. The fourth-order valence-corrected chi connectivity index (χ4v) is 3.18. The predicted octanol–water partition coefficient (Wildman–Crippen LogP) is 2.16. The van der Waals surface area contributed by atoms with Crippen molar-refractivity contribution in [2.45, 2.75) is 58.2 Å². The largest absolute Gasteiger partial charge is 0.360 e. The lowest BCUT2D eigenvalue weighted by Gasteiger charge is -2.17. The Hall–Kier alpha value is -1.63. The normalized spacial score (nSPS) is 22.7. The van der Waals surface area contributed by atoms with Gasteiger partial charge in [-0.3, -0.25) is 15.0 Å².